The van der Waals surface area contributed by atoms with E-state index in [-0.39, 0.29) is 11.6 Å². The highest BCUT2D eigenvalue weighted by Crippen LogP contribution is 2.19. The molecule has 1 amide bonds. The molecule has 1 fully saturated rings. The number of carbonyl (C=O) groups is 1. The number of piperidine rings is 1. The first-order chi connectivity index (χ1) is 8.65. The van der Waals surface area contributed by atoms with E-state index in [4.69, 9.17) is 11.6 Å². The molecule has 0 unspecified atom stereocenters. The van der Waals surface area contributed by atoms with Crippen LogP contribution in [0, 0.1) is 5.82 Å². The van der Waals surface area contributed by atoms with Crippen molar-refractivity contribution < 1.29 is 9.18 Å². The van der Waals surface area contributed by atoms with Crippen molar-refractivity contribution in [3.05, 3.63) is 29.0 Å². The quantitative estimate of drug-likeness (QED) is 0.916. The van der Waals surface area contributed by atoms with Gasteiger partial charge in [0.15, 0.2) is 0 Å². The number of benzene rings is 1. The maximum absolute atomic E-state index is 13.4. The van der Waals surface area contributed by atoms with Crippen molar-refractivity contribution in [2.45, 2.75) is 19.3 Å². The van der Waals surface area contributed by atoms with Crippen LogP contribution in [0.15, 0.2) is 18.2 Å². The summed E-state index contributed by atoms with van der Waals surface area (Å²) in [6.07, 6.45) is 3.47. The van der Waals surface area contributed by atoms with Gasteiger partial charge in [-0.3, -0.25) is 9.69 Å². The highest BCUT2D eigenvalue weighted by Gasteiger charge is 2.15. The summed E-state index contributed by atoms with van der Waals surface area (Å²) in [5.74, 6) is -0.663. The first-order valence-electron chi connectivity index (χ1n) is 6.12. The van der Waals surface area contributed by atoms with Gasteiger partial charge in [0.2, 0.25) is 5.91 Å². The van der Waals surface area contributed by atoms with Gasteiger partial charge in [-0.15, -0.1) is 0 Å². The first-order valence-corrected chi connectivity index (χ1v) is 6.50. The number of nitrogens with zero attached hydrogens (tertiary/aromatic N) is 1. The average molecular weight is 271 g/mol. The van der Waals surface area contributed by atoms with Crippen LogP contribution in [0.4, 0.5) is 10.1 Å². The third kappa shape index (κ3) is 3.68. The molecule has 1 aliphatic heterocycles. The van der Waals surface area contributed by atoms with Crippen LogP contribution in [0.5, 0.6) is 0 Å². The molecule has 0 aliphatic carbocycles. The molecule has 0 radical (unpaired) electrons. The predicted octanol–water partition coefficient (Wildman–Crippen LogP) is 2.90. The number of hydrogen-bond acceptors (Lipinski definition) is 2. The Kier molecular flexibility index (Phi) is 4.55. The molecule has 98 valence electrons. The number of nitrogens with one attached hydrogen (secondary N) is 1. The number of likely N-dealkylation sites (tertiary alicyclic amines) is 1. The summed E-state index contributed by atoms with van der Waals surface area (Å²) in [5, 5.41) is 2.97. The lowest BCUT2D eigenvalue weighted by molar-refractivity contribution is -0.117. The topological polar surface area (TPSA) is 32.3 Å². The van der Waals surface area contributed by atoms with E-state index in [1.54, 1.807) is 0 Å². The minimum absolute atomic E-state index is 0.143. The Labute approximate surface area is 111 Å². The van der Waals surface area contributed by atoms with Gasteiger partial charge in [-0.25, -0.2) is 4.39 Å². The second-order valence-corrected chi connectivity index (χ2v) is 4.95. The van der Waals surface area contributed by atoms with Crippen molar-refractivity contribution in [1.82, 2.24) is 4.90 Å². The molecular weight excluding hydrogens is 255 g/mol. The number of anilines is 1. The fourth-order valence-corrected chi connectivity index (χ4v) is 2.28. The third-order valence-electron chi connectivity index (χ3n) is 3.02. The molecule has 3 nitrogen and oxygen atoms in total. The molecular formula is C13H16ClFN2O. The van der Waals surface area contributed by atoms with E-state index >= 15 is 0 Å². The molecule has 1 saturated heterocycles. The Morgan fingerprint density at radius 2 is 2.06 bits per heavy atom. The molecule has 1 aliphatic rings. The Morgan fingerprint density at radius 3 is 2.78 bits per heavy atom. The third-order valence-corrected chi connectivity index (χ3v) is 3.25. The van der Waals surface area contributed by atoms with Crippen LogP contribution in [0.1, 0.15) is 19.3 Å². The monoisotopic (exact) mass is 270 g/mol. The molecule has 0 bridgehead atoms. The molecule has 2 rings (SSSR count). The van der Waals surface area contributed by atoms with Gasteiger partial charge in [0.05, 0.1) is 12.2 Å². The fraction of sp³-hybridized carbons (Fsp3) is 0.462. The van der Waals surface area contributed by atoms with Gasteiger partial charge in [-0.05, 0) is 44.1 Å². The van der Waals surface area contributed by atoms with Crippen molar-refractivity contribution in [2.75, 3.05) is 25.0 Å². The molecule has 0 spiro atoms. The highest BCUT2D eigenvalue weighted by molar-refractivity contribution is 6.30. The summed E-state index contributed by atoms with van der Waals surface area (Å²) in [6, 6.07) is 4.13. The van der Waals surface area contributed by atoms with Crippen molar-refractivity contribution in [1.29, 1.82) is 0 Å². The summed E-state index contributed by atoms with van der Waals surface area (Å²) < 4.78 is 13.4. The lowest BCUT2D eigenvalue weighted by atomic mass is 10.1. The van der Waals surface area contributed by atoms with Crippen LogP contribution >= 0.6 is 11.6 Å². The zero-order chi connectivity index (χ0) is 13.0. The largest absolute Gasteiger partial charge is 0.322 e. The molecule has 18 heavy (non-hydrogen) atoms. The number of amides is 1. The summed E-state index contributed by atoms with van der Waals surface area (Å²) in [7, 11) is 0. The lowest BCUT2D eigenvalue weighted by Crippen LogP contribution is -2.36. The zero-order valence-corrected chi connectivity index (χ0v) is 10.8. The predicted molar refractivity (Wildman–Crippen MR) is 70.3 cm³/mol. The standard InChI is InChI=1S/C13H16ClFN2O/c14-10-4-5-11(15)12(8-10)16-13(18)9-17-6-2-1-3-7-17/h4-5,8H,1-3,6-7,9H2,(H,16,18). The van der Waals surface area contributed by atoms with E-state index in [1.165, 1.54) is 24.6 Å². The minimum Gasteiger partial charge on any atom is -0.322 e. The van der Waals surface area contributed by atoms with E-state index in [1.807, 2.05) is 0 Å². The first kappa shape index (κ1) is 13.3. The van der Waals surface area contributed by atoms with Crippen LogP contribution in [0.2, 0.25) is 5.02 Å². The SMILES string of the molecule is O=C(CN1CCCCC1)Nc1cc(Cl)ccc1F. The second-order valence-electron chi connectivity index (χ2n) is 4.51. The van der Waals surface area contributed by atoms with Crippen molar-refractivity contribution in [3.63, 3.8) is 0 Å². The van der Waals surface area contributed by atoms with Crippen LogP contribution in [-0.2, 0) is 4.79 Å². The molecule has 1 aromatic carbocycles. The zero-order valence-electron chi connectivity index (χ0n) is 10.1. The Hall–Kier alpha value is -1.13. The molecule has 1 N–H and O–H groups in total. The lowest BCUT2D eigenvalue weighted by Gasteiger charge is -2.25. The van der Waals surface area contributed by atoms with Crippen molar-refractivity contribution in [2.24, 2.45) is 0 Å². The van der Waals surface area contributed by atoms with Crippen LogP contribution in [-0.4, -0.2) is 30.4 Å². The van der Waals surface area contributed by atoms with Gasteiger partial charge in [0.1, 0.15) is 5.82 Å². The van der Waals surface area contributed by atoms with E-state index in [0.717, 1.165) is 25.9 Å². The van der Waals surface area contributed by atoms with Crippen molar-refractivity contribution in [3.8, 4) is 0 Å². The van der Waals surface area contributed by atoms with Crippen LogP contribution in [0.3, 0.4) is 0 Å². The summed E-state index contributed by atoms with van der Waals surface area (Å²) >= 11 is 5.76. The van der Waals surface area contributed by atoms with Gasteiger partial charge in [0, 0.05) is 5.02 Å². The molecule has 1 heterocycles. The smallest absolute Gasteiger partial charge is 0.238 e. The minimum atomic E-state index is -0.466. The Bertz CT molecular complexity index is 433. The maximum Gasteiger partial charge on any atom is 0.238 e. The fourth-order valence-electron chi connectivity index (χ4n) is 2.10. The van der Waals surface area contributed by atoms with E-state index in [2.05, 4.69) is 10.2 Å². The molecule has 1 aromatic rings. The van der Waals surface area contributed by atoms with E-state index in [0.29, 0.717) is 11.6 Å². The molecule has 5 heteroatoms. The number of hydrogen-bond donors (Lipinski definition) is 1. The van der Waals surface area contributed by atoms with Gasteiger partial charge in [-0.2, -0.15) is 0 Å². The maximum atomic E-state index is 13.4. The number of halogens is 2. The molecule has 0 atom stereocenters. The number of rotatable bonds is 3. The molecule has 0 saturated carbocycles. The number of carbonyl (C=O) groups excluding carboxylic acids is 1. The molecule has 0 aromatic heterocycles. The van der Waals surface area contributed by atoms with Gasteiger partial charge < -0.3 is 5.32 Å². The van der Waals surface area contributed by atoms with Crippen molar-refractivity contribution >= 4 is 23.2 Å². The second kappa shape index (κ2) is 6.16. The summed E-state index contributed by atoms with van der Waals surface area (Å²) in [4.78, 5) is 13.9. The van der Waals surface area contributed by atoms with E-state index < -0.39 is 5.82 Å². The summed E-state index contributed by atoms with van der Waals surface area (Å²) in [5.41, 5.74) is 0.143. The average Bonchev–Trinajstić information content (AvgIpc) is 2.35. The summed E-state index contributed by atoms with van der Waals surface area (Å²) in [6.45, 7) is 2.18. The van der Waals surface area contributed by atoms with Gasteiger partial charge in [0.25, 0.3) is 0 Å². The van der Waals surface area contributed by atoms with Gasteiger partial charge in [-0.1, -0.05) is 18.0 Å². The van der Waals surface area contributed by atoms with E-state index in [9.17, 15) is 9.18 Å². The normalized spacial score (nSPS) is 16.6. The van der Waals surface area contributed by atoms with Crippen LogP contribution in [0.25, 0.3) is 0 Å². The van der Waals surface area contributed by atoms with Gasteiger partial charge >= 0.3 is 0 Å². The highest BCUT2D eigenvalue weighted by atomic mass is 35.5. The van der Waals surface area contributed by atoms with Crippen LogP contribution < -0.4 is 5.32 Å². The Morgan fingerprint density at radius 1 is 1.33 bits per heavy atom. The Balaban J connectivity index is 1.92.